The zero-order chi connectivity index (χ0) is 21.7. The van der Waals surface area contributed by atoms with Gasteiger partial charge < -0.3 is 20.3 Å². The van der Waals surface area contributed by atoms with Crippen molar-refractivity contribution in [3.05, 3.63) is 53.6 Å². The largest absolute Gasteiger partial charge is 0.416 e. The second-order valence-electron chi connectivity index (χ2n) is 6.93. The molecule has 3 rings (SSSR count). The number of hydrogen-bond donors (Lipinski definition) is 2. The summed E-state index contributed by atoms with van der Waals surface area (Å²) in [6.45, 7) is 3.38. The van der Waals surface area contributed by atoms with Gasteiger partial charge in [-0.3, -0.25) is 9.59 Å². The maximum absolute atomic E-state index is 13.2. The Morgan fingerprint density at radius 2 is 1.70 bits per heavy atom. The summed E-state index contributed by atoms with van der Waals surface area (Å²) in [5, 5.41) is 5.25. The average Bonchev–Trinajstić information content (AvgIpc) is 2.69. The van der Waals surface area contributed by atoms with Crippen molar-refractivity contribution in [1.29, 1.82) is 0 Å². The number of anilines is 3. The Hall–Kier alpha value is -3.07. The van der Waals surface area contributed by atoms with Gasteiger partial charge in [-0.05, 0) is 35.9 Å². The summed E-state index contributed by atoms with van der Waals surface area (Å²) in [5.41, 5.74) is 1.09. The fraction of sp³-hybridized carbons (Fsp3) is 0.333. The highest BCUT2D eigenvalue weighted by atomic mass is 19.4. The van der Waals surface area contributed by atoms with Crippen molar-refractivity contribution < 1.29 is 27.5 Å². The van der Waals surface area contributed by atoms with Crippen LogP contribution in [-0.4, -0.2) is 38.1 Å². The molecule has 9 heteroatoms. The SMILES string of the molecule is CC(=O)Nc1ccc(CC(=O)Nc2cc(C(F)(F)F)ccc2N2CCOCC2)cc1. The molecule has 160 valence electrons. The first-order chi connectivity index (χ1) is 14.2. The lowest BCUT2D eigenvalue weighted by Crippen LogP contribution is -2.37. The van der Waals surface area contributed by atoms with Crippen LogP contribution in [0.25, 0.3) is 0 Å². The van der Waals surface area contributed by atoms with Crippen molar-refractivity contribution in [3.63, 3.8) is 0 Å². The summed E-state index contributed by atoms with van der Waals surface area (Å²) >= 11 is 0. The Morgan fingerprint density at radius 3 is 2.30 bits per heavy atom. The van der Waals surface area contributed by atoms with Crippen molar-refractivity contribution in [2.24, 2.45) is 0 Å². The fourth-order valence-corrected chi connectivity index (χ4v) is 3.18. The number of halogens is 3. The second-order valence-corrected chi connectivity index (χ2v) is 6.93. The molecule has 2 aromatic rings. The van der Waals surface area contributed by atoms with E-state index in [1.807, 2.05) is 4.90 Å². The lowest BCUT2D eigenvalue weighted by Gasteiger charge is -2.31. The van der Waals surface area contributed by atoms with Gasteiger partial charge in [0.05, 0.1) is 36.6 Å². The minimum atomic E-state index is -4.51. The van der Waals surface area contributed by atoms with Crippen LogP contribution >= 0.6 is 0 Å². The van der Waals surface area contributed by atoms with E-state index in [1.165, 1.54) is 13.0 Å². The molecule has 30 heavy (non-hydrogen) atoms. The molecule has 0 spiro atoms. The number of benzene rings is 2. The summed E-state index contributed by atoms with van der Waals surface area (Å²) in [6, 6.07) is 10.0. The van der Waals surface area contributed by atoms with Crippen LogP contribution in [0.5, 0.6) is 0 Å². The Labute approximate surface area is 172 Å². The van der Waals surface area contributed by atoms with E-state index in [9.17, 15) is 22.8 Å². The number of alkyl halides is 3. The summed E-state index contributed by atoms with van der Waals surface area (Å²) in [7, 11) is 0. The van der Waals surface area contributed by atoms with Crippen LogP contribution in [-0.2, 0) is 26.9 Å². The summed E-state index contributed by atoms with van der Waals surface area (Å²) in [6.07, 6.45) is -4.53. The van der Waals surface area contributed by atoms with E-state index in [-0.39, 0.29) is 18.0 Å². The maximum atomic E-state index is 13.2. The highest BCUT2D eigenvalue weighted by molar-refractivity contribution is 5.96. The van der Waals surface area contributed by atoms with Gasteiger partial charge in [0.1, 0.15) is 0 Å². The topological polar surface area (TPSA) is 70.7 Å². The van der Waals surface area contributed by atoms with E-state index in [0.29, 0.717) is 43.2 Å². The lowest BCUT2D eigenvalue weighted by molar-refractivity contribution is -0.137. The quantitative estimate of drug-likeness (QED) is 0.773. The Balaban J connectivity index is 1.77. The van der Waals surface area contributed by atoms with Crippen molar-refractivity contribution in [2.45, 2.75) is 19.5 Å². The Kier molecular flexibility index (Phi) is 6.61. The number of hydrogen-bond acceptors (Lipinski definition) is 4. The van der Waals surface area contributed by atoms with Gasteiger partial charge in [-0.2, -0.15) is 13.2 Å². The number of carbonyl (C=O) groups is 2. The van der Waals surface area contributed by atoms with E-state index in [0.717, 1.165) is 12.1 Å². The summed E-state index contributed by atoms with van der Waals surface area (Å²) < 4.78 is 44.8. The minimum absolute atomic E-state index is 0.0147. The van der Waals surface area contributed by atoms with Gasteiger partial charge in [0.15, 0.2) is 0 Å². The third-order valence-electron chi connectivity index (χ3n) is 4.59. The van der Waals surface area contributed by atoms with Crippen molar-refractivity contribution in [1.82, 2.24) is 0 Å². The average molecular weight is 421 g/mol. The molecule has 1 aliphatic heterocycles. The molecule has 6 nitrogen and oxygen atoms in total. The van der Waals surface area contributed by atoms with Crippen LogP contribution in [0.1, 0.15) is 18.1 Å². The van der Waals surface area contributed by atoms with Crippen molar-refractivity contribution >= 4 is 28.9 Å². The van der Waals surface area contributed by atoms with Crippen LogP contribution in [0, 0.1) is 0 Å². The number of ether oxygens (including phenoxy) is 1. The highest BCUT2D eigenvalue weighted by Gasteiger charge is 2.32. The van der Waals surface area contributed by atoms with E-state index in [2.05, 4.69) is 10.6 Å². The summed E-state index contributed by atoms with van der Waals surface area (Å²) in [5.74, 6) is -0.642. The van der Waals surface area contributed by atoms with Crippen molar-refractivity contribution in [2.75, 3.05) is 41.8 Å². The number of amides is 2. The minimum Gasteiger partial charge on any atom is -0.378 e. The molecule has 0 bridgehead atoms. The summed E-state index contributed by atoms with van der Waals surface area (Å²) in [4.78, 5) is 25.5. The van der Waals surface area contributed by atoms with E-state index in [4.69, 9.17) is 4.74 Å². The van der Waals surface area contributed by atoms with Crippen LogP contribution in [0.15, 0.2) is 42.5 Å². The third-order valence-corrected chi connectivity index (χ3v) is 4.59. The van der Waals surface area contributed by atoms with Crippen LogP contribution < -0.4 is 15.5 Å². The molecule has 1 heterocycles. The van der Waals surface area contributed by atoms with Gasteiger partial charge in [0, 0.05) is 25.7 Å². The Morgan fingerprint density at radius 1 is 1.03 bits per heavy atom. The smallest absolute Gasteiger partial charge is 0.378 e. The molecule has 1 aliphatic rings. The molecule has 0 aromatic heterocycles. The first kappa shape index (κ1) is 21.6. The van der Waals surface area contributed by atoms with Crippen LogP contribution in [0.3, 0.4) is 0 Å². The molecule has 2 aromatic carbocycles. The number of carbonyl (C=O) groups excluding carboxylic acids is 2. The van der Waals surface area contributed by atoms with Gasteiger partial charge in [-0.25, -0.2) is 0 Å². The fourth-order valence-electron chi connectivity index (χ4n) is 3.18. The van der Waals surface area contributed by atoms with Gasteiger partial charge in [0.2, 0.25) is 11.8 Å². The van der Waals surface area contributed by atoms with Crippen LogP contribution in [0.2, 0.25) is 0 Å². The highest BCUT2D eigenvalue weighted by Crippen LogP contribution is 2.35. The first-order valence-corrected chi connectivity index (χ1v) is 9.43. The standard InChI is InChI=1S/C21H22F3N3O3/c1-14(28)25-17-5-2-15(3-6-17)12-20(29)26-18-13-16(21(22,23)24)4-7-19(18)27-8-10-30-11-9-27/h2-7,13H,8-12H2,1H3,(H,25,28)(H,26,29). The third kappa shape index (κ3) is 5.73. The van der Waals surface area contributed by atoms with E-state index >= 15 is 0 Å². The molecule has 0 radical (unpaired) electrons. The molecular weight excluding hydrogens is 399 g/mol. The first-order valence-electron chi connectivity index (χ1n) is 9.43. The van der Waals surface area contributed by atoms with Crippen LogP contribution in [0.4, 0.5) is 30.2 Å². The van der Waals surface area contributed by atoms with Gasteiger partial charge >= 0.3 is 6.18 Å². The number of morpholine rings is 1. The number of nitrogens with one attached hydrogen (secondary N) is 2. The van der Waals surface area contributed by atoms with E-state index in [1.54, 1.807) is 24.3 Å². The molecule has 0 atom stereocenters. The monoisotopic (exact) mass is 421 g/mol. The maximum Gasteiger partial charge on any atom is 0.416 e. The zero-order valence-electron chi connectivity index (χ0n) is 16.4. The molecule has 0 unspecified atom stereocenters. The molecular formula is C21H22F3N3O3. The van der Waals surface area contributed by atoms with Crippen molar-refractivity contribution in [3.8, 4) is 0 Å². The molecule has 0 aliphatic carbocycles. The van der Waals surface area contributed by atoms with Gasteiger partial charge in [-0.1, -0.05) is 12.1 Å². The number of rotatable bonds is 5. The molecule has 2 N–H and O–H groups in total. The Bertz CT molecular complexity index is 908. The molecule has 1 fully saturated rings. The predicted molar refractivity (Wildman–Crippen MR) is 108 cm³/mol. The second kappa shape index (κ2) is 9.17. The number of nitrogens with zero attached hydrogens (tertiary/aromatic N) is 1. The van der Waals surface area contributed by atoms with Gasteiger partial charge in [0.25, 0.3) is 0 Å². The molecule has 0 saturated carbocycles. The zero-order valence-corrected chi connectivity index (χ0v) is 16.4. The molecule has 1 saturated heterocycles. The normalized spacial score (nSPS) is 14.3. The predicted octanol–water partition coefficient (Wildman–Crippen LogP) is 3.68. The molecule has 2 amide bonds. The lowest BCUT2D eigenvalue weighted by atomic mass is 10.1. The van der Waals surface area contributed by atoms with Gasteiger partial charge in [-0.15, -0.1) is 0 Å². The van der Waals surface area contributed by atoms with E-state index < -0.39 is 17.6 Å².